The van der Waals surface area contributed by atoms with E-state index in [1.807, 2.05) is 41.4 Å². The van der Waals surface area contributed by atoms with Crippen molar-refractivity contribution in [3.8, 4) is 0 Å². The van der Waals surface area contributed by atoms with E-state index in [1.54, 1.807) is 0 Å². The number of carbonyl (C=O) groups excluding carboxylic acids is 1. The monoisotopic (exact) mass is 435 g/mol. The largest absolute Gasteiger partial charge is 0.325 e. The molecule has 0 N–H and O–H groups in total. The van der Waals surface area contributed by atoms with Gasteiger partial charge < -0.3 is 4.90 Å². The van der Waals surface area contributed by atoms with E-state index in [2.05, 4.69) is 40.1 Å². The van der Waals surface area contributed by atoms with Crippen LogP contribution in [0.3, 0.4) is 0 Å². The van der Waals surface area contributed by atoms with Gasteiger partial charge in [-0.25, -0.2) is 4.79 Å². The minimum absolute atomic E-state index is 0.136. The summed E-state index contributed by atoms with van der Waals surface area (Å²) in [5.74, 6) is 0.679. The molecule has 2 aromatic rings. The smallest absolute Gasteiger partial charge is 0.315 e. The topological polar surface area (TPSA) is 26.8 Å². The third-order valence-electron chi connectivity index (χ3n) is 6.95. The summed E-state index contributed by atoms with van der Waals surface area (Å²) in [6.45, 7) is 4.47. The van der Waals surface area contributed by atoms with Crippen molar-refractivity contribution in [3.05, 3.63) is 83.0 Å². The second-order valence-corrected chi connectivity index (χ2v) is 9.71. The molecule has 1 spiro atoms. The van der Waals surface area contributed by atoms with Gasteiger partial charge in [0.25, 0.3) is 0 Å². The molecule has 2 aliphatic heterocycles. The number of amides is 2. The number of halogens is 1. The zero-order valence-electron chi connectivity index (χ0n) is 17.9. The summed E-state index contributed by atoms with van der Waals surface area (Å²) in [6, 6.07) is 18.6. The van der Waals surface area contributed by atoms with E-state index >= 15 is 0 Å². The highest BCUT2D eigenvalue weighted by molar-refractivity contribution is 6.30. The molecule has 1 saturated carbocycles. The van der Waals surface area contributed by atoms with E-state index < -0.39 is 0 Å². The number of benzene rings is 2. The first-order chi connectivity index (χ1) is 15.1. The molecule has 162 valence electrons. The number of hydrogen-bond acceptors (Lipinski definition) is 2. The fourth-order valence-corrected chi connectivity index (χ4v) is 4.96. The minimum Gasteiger partial charge on any atom is -0.315 e. The lowest BCUT2D eigenvalue weighted by atomic mass is 9.84. The van der Waals surface area contributed by atoms with E-state index in [9.17, 15) is 4.79 Å². The Balaban J connectivity index is 1.29. The number of carbonyl (C=O) groups is 1. The molecule has 4 nitrogen and oxygen atoms in total. The van der Waals surface area contributed by atoms with E-state index in [-0.39, 0.29) is 11.6 Å². The predicted molar refractivity (Wildman–Crippen MR) is 125 cm³/mol. The van der Waals surface area contributed by atoms with Gasteiger partial charge in [-0.1, -0.05) is 54.1 Å². The molecular weight excluding hydrogens is 406 g/mol. The van der Waals surface area contributed by atoms with E-state index in [0.29, 0.717) is 12.5 Å². The molecule has 1 saturated heterocycles. The molecule has 2 heterocycles. The number of nitrogens with zero attached hydrogens (tertiary/aromatic N) is 3. The summed E-state index contributed by atoms with van der Waals surface area (Å²) in [7, 11) is 0. The minimum atomic E-state index is -0.136. The van der Waals surface area contributed by atoms with Crippen molar-refractivity contribution in [2.24, 2.45) is 5.92 Å². The number of likely N-dealkylation sites (tertiary alicyclic amines) is 1. The van der Waals surface area contributed by atoms with Gasteiger partial charge in [-0.2, -0.15) is 0 Å². The number of rotatable bonds is 6. The van der Waals surface area contributed by atoms with Crippen molar-refractivity contribution in [3.63, 3.8) is 0 Å². The highest BCUT2D eigenvalue weighted by Crippen LogP contribution is 2.39. The average molecular weight is 436 g/mol. The molecule has 3 aliphatic rings. The van der Waals surface area contributed by atoms with Gasteiger partial charge in [-0.05, 0) is 60.9 Å². The Bertz CT molecular complexity index is 931. The third kappa shape index (κ3) is 4.65. The number of urea groups is 1. The molecular formula is C26H30ClN3O. The molecule has 2 amide bonds. The summed E-state index contributed by atoms with van der Waals surface area (Å²) < 4.78 is 0. The lowest BCUT2D eigenvalue weighted by molar-refractivity contribution is 0.0503. The van der Waals surface area contributed by atoms with E-state index in [4.69, 9.17) is 11.6 Å². The van der Waals surface area contributed by atoms with Crippen LogP contribution in [0.4, 0.5) is 4.79 Å². The fourth-order valence-electron chi connectivity index (χ4n) is 4.83. The molecule has 2 aromatic carbocycles. The molecule has 0 aromatic heterocycles. The van der Waals surface area contributed by atoms with Crippen LogP contribution in [0.5, 0.6) is 0 Å². The summed E-state index contributed by atoms with van der Waals surface area (Å²) in [6.07, 6.45) is 8.87. The lowest BCUT2D eigenvalue weighted by Crippen LogP contribution is -2.61. The van der Waals surface area contributed by atoms with Crippen LogP contribution in [-0.4, -0.2) is 45.9 Å². The maximum atomic E-state index is 13.5. The van der Waals surface area contributed by atoms with Gasteiger partial charge in [-0.15, -0.1) is 0 Å². The Morgan fingerprint density at radius 2 is 1.58 bits per heavy atom. The SMILES string of the molecule is O=C1N(Cc2ccccc2)C=CC2(CCN(Cc3ccc(Cl)cc3)CC2)N1CC1CC1. The van der Waals surface area contributed by atoms with Crippen molar-refractivity contribution in [1.29, 1.82) is 0 Å². The van der Waals surface area contributed by atoms with Crippen LogP contribution in [-0.2, 0) is 13.1 Å². The molecule has 31 heavy (non-hydrogen) atoms. The van der Waals surface area contributed by atoms with Gasteiger partial charge >= 0.3 is 6.03 Å². The quantitative estimate of drug-likeness (QED) is 0.595. The summed E-state index contributed by atoms with van der Waals surface area (Å²) in [5, 5.41) is 0.781. The van der Waals surface area contributed by atoms with Gasteiger partial charge in [0.2, 0.25) is 0 Å². The Hall–Kier alpha value is -2.30. The van der Waals surface area contributed by atoms with Crippen LogP contribution in [0.25, 0.3) is 0 Å². The summed E-state index contributed by atoms with van der Waals surface area (Å²) in [4.78, 5) is 20.1. The first-order valence-electron chi connectivity index (χ1n) is 11.4. The molecule has 0 radical (unpaired) electrons. The highest BCUT2D eigenvalue weighted by atomic mass is 35.5. The molecule has 0 bridgehead atoms. The lowest BCUT2D eigenvalue weighted by Gasteiger charge is -2.50. The first kappa shape index (κ1) is 20.6. The zero-order valence-corrected chi connectivity index (χ0v) is 18.7. The van der Waals surface area contributed by atoms with Crippen LogP contribution in [0.1, 0.15) is 36.8 Å². The first-order valence-corrected chi connectivity index (χ1v) is 11.8. The second kappa shape index (κ2) is 8.68. The Labute approximate surface area is 190 Å². The third-order valence-corrected chi connectivity index (χ3v) is 7.21. The highest BCUT2D eigenvalue weighted by Gasteiger charge is 2.45. The Morgan fingerprint density at radius 1 is 0.903 bits per heavy atom. The molecule has 0 unspecified atom stereocenters. The molecule has 0 atom stereocenters. The second-order valence-electron chi connectivity index (χ2n) is 9.27. The predicted octanol–water partition coefficient (Wildman–Crippen LogP) is 5.54. The summed E-state index contributed by atoms with van der Waals surface area (Å²) in [5.41, 5.74) is 2.32. The average Bonchev–Trinajstić information content (AvgIpc) is 3.62. The number of piperidine rings is 1. The van der Waals surface area contributed by atoms with Crippen LogP contribution in [0.15, 0.2) is 66.9 Å². The van der Waals surface area contributed by atoms with Gasteiger partial charge in [0.1, 0.15) is 0 Å². The van der Waals surface area contributed by atoms with Gasteiger partial charge in [0.05, 0.1) is 12.1 Å². The Morgan fingerprint density at radius 3 is 2.26 bits per heavy atom. The van der Waals surface area contributed by atoms with Crippen molar-refractivity contribution in [1.82, 2.24) is 14.7 Å². The van der Waals surface area contributed by atoms with E-state index in [0.717, 1.165) is 44.0 Å². The fraction of sp³-hybridized carbons (Fsp3) is 0.423. The molecule has 5 rings (SSSR count). The van der Waals surface area contributed by atoms with Crippen molar-refractivity contribution in [2.75, 3.05) is 19.6 Å². The molecule has 1 aliphatic carbocycles. The molecule has 5 heteroatoms. The van der Waals surface area contributed by atoms with Crippen LogP contribution >= 0.6 is 11.6 Å². The van der Waals surface area contributed by atoms with Gasteiger partial charge in [-0.3, -0.25) is 9.80 Å². The zero-order chi connectivity index (χ0) is 21.3. The van der Waals surface area contributed by atoms with Gasteiger partial charge in [0.15, 0.2) is 0 Å². The van der Waals surface area contributed by atoms with Crippen LogP contribution < -0.4 is 0 Å². The van der Waals surface area contributed by atoms with Crippen LogP contribution in [0.2, 0.25) is 5.02 Å². The maximum absolute atomic E-state index is 13.5. The number of hydrogen-bond donors (Lipinski definition) is 0. The molecule has 2 fully saturated rings. The normalized spacial score (nSPS) is 21.1. The summed E-state index contributed by atoms with van der Waals surface area (Å²) >= 11 is 6.03. The van der Waals surface area contributed by atoms with E-state index in [1.165, 1.54) is 24.0 Å². The van der Waals surface area contributed by atoms with Crippen LogP contribution in [0, 0.1) is 5.92 Å². The Kier molecular flexibility index (Phi) is 5.77. The van der Waals surface area contributed by atoms with Crippen molar-refractivity contribution >= 4 is 17.6 Å². The van der Waals surface area contributed by atoms with Crippen molar-refractivity contribution in [2.45, 2.75) is 44.3 Å². The van der Waals surface area contributed by atoms with Crippen molar-refractivity contribution < 1.29 is 4.79 Å². The van der Waals surface area contributed by atoms with Gasteiger partial charge in [0, 0.05) is 37.4 Å². The standard InChI is InChI=1S/C26H30ClN3O/c27-24-10-8-22(9-11-24)18-28-15-12-26(13-16-28)14-17-29(19-21-4-2-1-3-5-21)25(31)30(26)20-23-6-7-23/h1-5,8-11,14,17,23H,6-7,12-13,15-16,18-20H2. The maximum Gasteiger partial charge on any atom is 0.325 e.